The van der Waals surface area contributed by atoms with Gasteiger partial charge in [-0.25, -0.2) is 9.97 Å². The zero-order valence-corrected chi connectivity index (χ0v) is 13.7. The van der Waals surface area contributed by atoms with E-state index < -0.39 is 0 Å². The molecule has 2 rings (SSSR count). The monoisotopic (exact) mass is 318 g/mol. The van der Waals surface area contributed by atoms with Gasteiger partial charge in [0, 0.05) is 24.2 Å². The van der Waals surface area contributed by atoms with E-state index in [9.17, 15) is 0 Å². The van der Waals surface area contributed by atoms with Crippen LogP contribution in [0.3, 0.4) is 0 Å². The summed E-state index contributed by atoms with van der Waals surface area (Å²) in [4.78, 5) is 8.48. The quantitative estimate of drug-likeness (QED) is 0.673. The van der Waals surface area contributed by atoms with Crippen molar-refractivity contribution in [3.63, 3.8) is 0 Å². The van der Waals surface area contributed by atoms with E-state index in [1.165, 1.54) is 18.4 Å². The van der Waals surface area contributed by atoms with Crippen molar-refractivity contribution in [1.29, 1.82) is 0 Å². The van der Waals surface area contributed by atoms with Crippen LogP contribution in [-0.4, -0.2) is 23.1 Å². The lowest BCUT2D eigenvalue weighted by atomic mass is 10.1. The Hall–Kier alpha value is -1.81. The topological polar surface area (TPSA) is 49.8 Å². The highest BCUT2D eigenvalue weighted by Crippen LogP contribution is 2.12. The Morgan fingerprint density at radius 3 is 2.50 bits per heavy atom. The molecule has 0 saturated carbocycles. The smallest absolute Gasteiger partial charge is 0.131 e. The highest BCUT2D eigenvalue weighted by Gasteiger charge is 1.99. The van der Waals surface area contributed by atoms with Crippen molar-refractivity contribution in [2.24, 2.45) is 0 Å². The van der Waals surface area contributed by atoms with E-state index >= 15 is 0 Å². The molecule has 1 aromatic heterocycles. The SMILES string of the molecule is CCCCCNc1cc(NCCc2cccc(Cl)c2)ncn1. The van der Waals surface area contributed by atoms with Gasteiger partial charge in [0.05, 0.1) is 0 Å². The van der Waals surface area contributed by atoms with Crippen molar-refractivity contribution < 1.29 is 0 Å². The molecule has 0 unspecified atom stereocenters. The fourth-order valence-corrected chi connectivity index (χ4v) is 2.38. The number of nitrogens with zero attached hydrogens (tertiary/aromatic N) is 2. The molecule has 0 bridgehead atoms. The molecule has 4 nitrogen and oxygen atoms in total. The first-order valence-electron chi connectivity index (χ1n) is 7.82. The minimum atomic E-state index is 0.776. The standard InChI is InChI=1S/C17H23ClN4/c1-2-3-4-9-19-16-12-17(22-13-21-16)20-10-8-14-6-5-7-15(18)11-14/h5-7,11-13H,2-4,8-10H2,1H3,(H2,19,20,21,22). The van der Waals surface area contributed by atoms with Crippen molar-refractivity contribution in [1.82, 2.24) is 9.97 Å². The summed E-state index contributed by atoms with van der Waals surface area (Å²) in [6.45, 7) is 3.96. The minimum absolute atomic E-state index is 0.776. The molecule has 0 atom stereocenters. The van der Waals surface area contributed by atoms with Crippen molar-refractivity contribution >= 4 is 23.2 Å². The minimum Gasteiger partial charge on any atom is -0.370 e. The Balaban J connectivity index is 1.77. The molecule has 118 valence electrons. The predicted octanol–water partition coefficient (Wildman–Crippen LogP) is 4.39. The van der Waals surface area contributed by atoms with Gasteiger partial charge in [0.1, 0.15) is 18.0 Å². The summed E-state index contributed by atoms with van der Waals surface area (Å²) in [7, 11) is 0. The number of nitrogens with one attached hydrogen (secondary N) is 2. The van der Waals surface area contributed by atoms with E-state index in [0.29, 0.717) is 0 Å². The summed E-state index contributed by atoms with van der Waals surface area (Å²) in [6.07, 6.45) is 6.12. The molecule has 0 saturated heterocycles. The molecule has 5 heteroatoms. The molecule has 0 radical (unpaired) electrons. The van der Waals surface area contributed by atoms with Crippen LogP contribution in [0.4, 0.5) is 11.6 Å². The Kier molecular flexibility index (Phi) is 6.97. The number of benzene rings is 1. The highest BCUT2D eigenvalue weighted by molar-refractivity contribution is 6.30. The van der Waals surface area contributed by atoms with Crippen LogP contribution < -0.4 is 10.6 Å². The molecule has 1 heterocycles. The van der Waals surface area contributed by atoms with Gasteiger partial charge in [0.15, 0.2) is 0 Å². The average Bonchev–Trinajstić information content (AvgIpc) is 2.52. The molecular formula is C17H23ClN4. The Bertz CT molecular complexity index is 574. The Morgan fingerprint density at radius 1 is 1.00 bits per heavy atom. The number of unbranched alkanes of at least 4 members (excludes halogenated alkanes) is 2. The third kappa shape index (κ3) is 5.90. The van der Waals surface area contributed by atoms with E-state index in [1.807, 2.05) is 24.3 Å². The summed E-state index contributed by atoms with van der Waals surface area (Å²) in [5.41, 5.74) is 1.21. The number of hydrogen-bond donors (Lipinski definition) is 2. The molecule has 0 fully saturated rings. The van der Waals surface area contributed by atoms with Crippen LogP contribution >= 0.6 is 11.6 Å². The highest BCUT2D eigenvalue weighted by atomic mass is 35.5. The molecule has 0 aliphatic rings. The third-order valence-electron chi connectivity index (χ3n) is 3.36. The Labute approximate surface area is 137 Å². The van der Waals surface area contributed by atoms with Crippen LogP contribution in [0, 0.1) is 0 Å². The second kappa shape index (κ2) is 9.26. The maximum atomic E-state index is 5.98. The van der Waals surface area contributed by atoms with Gasteiger partial charge in [0.2, 0.25) is 0 Å². The lowest BCUT2D eigenvalue weighted by molar-refractivity contribution is 0.742. The lowest BCUT2D eigenvalue weighted by Crippen LogP contribution is -2.08. The van der Waals surface area contributed by atoms with E-state index in [1.54, 1.807) is 6.33 Å². The Morgan fingerprint density at radius 2 is 1.77 bits per heavy atom. The van der Waals surface area contributed by atoms with Crippen LogP contribution in [0.15, 0.2) is 36.7 Å². The average molecular weight is 319 g/mol. The van der Waals surface area contributed by atoms with E-state index in [-0.39, 0.29) is 0 Å². The van der Waals surface area contributed by atoms with Gasteiger partial charge in [-0.2, -0.15) is 0 Å². The first-order valence-corrected chi connectivity index (χ1v) is 8.20. The molecule has 0 amide bonds. The van der Waals surface area contributed by atoms with Crippen LogP contribution in [-0.2, 0) is 6.42 Å². The summed E-state index contributed by atoms with van der Waals surface area (Å²) in [5.74, 6) is 1.71. The number of aromatic nitrogens is 2. The van der Waals surface area contributed by atoms with Crippen LogP contribution in [0.2, 0.25) is 5.02 Å². The molecule has 1 aromatic carbocycles. The summed E-state index contributed by atoms with van der Waals surface area (Å²) in [5, 5.41) is 7.42. The zero-order valence-electron chi connectivity index (χ0n) is 13.0. The van der Waals surface area contributed by atoms with Crippen LogP contribution in [0.25, 0.3) is 0 Å². The zero-order chi connectivity index (χ0) is 15.6. The molecular weight excluding hydrogens is 296 g/mol. The maximum absolute atomic E-state index is 5.98. The summed E-state index contributed by atoms with van der Waals surface area (Å²) >= 11 is 5.98. The van der Waals surface area contributed by atoms with Crippen LogP contribution in [0.5, 0.6) is 0 Å². The largest absolute Gasteiger partial charge is 0.370 e. The van der Waals surface area contributed by atoms with Crippen LogP contribution in [0.1, 0.15) is 31.7 Å². The van der Waals surface area contributed by atoms with Crippen molar-refractivity contribution in [3.05, 3.63) is 47.2 Å². The second-order valence-electron chi connectivity index (χ2n) is 5.23. The van der Waals surface area contributed by atoms with Gasteiger partial charge >= 0.3 is 0 Å². The van der Waals surface area contributed by atoms with Gasteiger partial charge in [-0.1, -0.05) is 43.5 Å². The van der Waals surface area contributed by atoms with Gasteiger partial charge in [-0.3, -0.25) is 0 Å². The third-order valence-corrected chi connectivity index (χ3v) is 3.60. The van der Waals surface area contributed by atoms with Gasteiger partial charge in [-0.05, 0) is 30.5 Å². The van der Waals surface area contributed by atoms with Gasteiger partial charge < -0.3 is 10.6 Å². The number of hydrogen-bond acceptors (Lipinski definition) is 4. The first kappa shape index (κ1) is 16.6. The molecule has 2 N–H and O–H groups in total. The first-order chi connectivity index (χ1) is 10.8. The second-order valence-corrected chi connectivity index (χ2v) is 5.67. The summed E-state index contributed by atoms with van der Waals surface area (Å²) in [6, 6.07) is 9.88. The van der Waals surface area contributed by atoms with E-state index in [2.05, 4.69) is 33.6 Å². The summed E-state index contributed by atoms with van der Waals surface area (Å²) < 4.78 is 0. The van der Waals surface area contributed by atoms with Crippen molar-refractivity contribution in [2.75, 3.05) is 23.7 Å². The fraction of sp³-hybridized carbons (Fsp3) is 0.412. The van der Waals surface area contributed by atoms with Crippen molar-refractivity contribution in [3.8, 4) is 0 Å². The van der Waals surface area contributed by atoms with Gasteiger partial charge in [0.25, 0.3) is 0 Å². The molecule has 22 heavy (non-hydrogen) atoms. The molecule has 2 aromatic rings. The van der Waals surface area contributed by atoms with E-state index in [4.69, 9.17) is 11.6 Å². The van der Waals surface area contributed by atoms with E-state index in [0.717, 1.165) is 42.6 Å². The molecule has 0 aliphatic carbocycles. The number of anilines is 2. The maximum Gasteiger partial charge on any atom is 0.131 e. The number of rotatable bonds is 9. The predicted molar refractivity (Wildman–Crippen MR) is 93.7 cm³/mol. The molecule has 0 spiro atoms. The fourth-order valence-electron chi connectivity index (χ4n) is 2.17. The lowest BCUT2D eigenvalue weighted by Gasteiger charge is -2.08. The molecule has 0 aliphatic heterocycles. The van der Waals surface area contributed by atoms with Crippen molar-refractivity contribution in [2.45, 2.75) is 32.6 Å². The normalized spacial score (nSPS) is 10.5. The van der Waals surface area contributed by atoms with Gasteiger partial charge in [-0.15, -0.1) is 0 Å². The number of halogens is 1.